The summed E-state index contributed by atoms with van der Waals surface area (Å²) in [5.74, 6) is -0.126. The summed E-state index contributed by atoms with van der Waals surface area (Å²) in [7, 11) is 1.34. The molecule has 0 saturated carbocycles. The number of hydrogen-bond donors (Lipinski definition) is 1. The van der Waals surface area contributed by atoms with Gasteiger partial charge in [0.15, 0.2) is 0 Å². The van der Waals surface area contributed by atoms with Crippen molar-refractivity contribution in [2.45, 2.75) is 12.5 Å². The summed E-state index contributed by atoms with van der Waals surface area (Å²) < 4.78 is 4.67. The molecule has 0 unspecified atom stereocenters. The maximum atomic E-state index is 12.4. The number of hydrogen-bond acceptors (Lipinski definition) is 5. The minimum atomic E-state index is -0.632. The number of piperazine rings is 1. The van der Waals surface area contributed by atoms with Crippen molar-refractivity contribution in [1.82, 2.24) is 9.80 Å². The van der Waals surface area contributed by atoms with E-state index in [2.05, 4.69) is 10.8 Å². The monoisotopic (exact) mass is 316 g/mol. The van der Waals surface area contributed by atoms with E-state index in [1.54, 1.807) is 34.1 Å². The van der Waals surface area contributed by atoms with E-state index in [-0.39, 0.29) is 12.0 Å². The fourth-order valence-electron chi connectivity index (χ4n) is 2.53. The second kappa shape index (κ2) is 7.61. The predicted molar refractivity (Wildman–Crippen MR) is 83.4 cm³/mol. The van der Waals surface area contributed by atoms with Crippen molar-refractivity contribution in [3.8, 4) is 6.07 Å². The van der Waals surface area contributed by atoms with E-state index in [0.29, 0.717) is 38.2 Å². The largest absolute Gasteiger partial charge is 0.453 e. The maximum Gasteiger partial charge on any atom is 0.409 e. The molecule has 0 radical (unpaired) electrons. The number of amides is 2. The molecule has 1 aliphatic heterocycles. The van der Waals surface area contributed by atoms with E-state index < -0.39 is 6.04 Å². The van der Waals surface area contributed by atoms with Crippen molar-refractivity contribution in [2.24, 2.45) is 5.73 Å². The number of carbonyl (C=O) groups is 2. The zero-order chi connectivity index (χ0) is 16.8. The first-order valence-electron chi connectivity index (χ1n) is 7.41. The molecule has 2 rings (SSSR count). The highest BCUT2D eigenvalue weighted by atomic mass is 16.5. The third kappa shape index (κ3) is 4.20. The molecule has 7 heteroatoms. The van der Waals surface area contributed by atoms with Gasteiger partial charge in [0, 0.05) is 26.2 Å². The van der Waals surface area contributed by atoms with Gasteiger partial charge < -0.3 is 20.3 Å². The highest BCUT2D eigenvalue weighted by Gasteiger charge is 2.27. The lowest BCUT2D eigenvalue weighted by atomic mass is 10.0. The van der Waals surface area contributed by atoms with Gasteiger partial charge in [0.2, 0.25) is 5.91 Å². The van der Waals surface area contributed by atoms with Crippen LogP contribution in [-0.4, -0.2) is 61.1 Å². The van der Waals surface area contributed by atoms with Crippen molar-refractivity contribution in [3.05, 3.63) is 35.4 Å². The number of nitrogens with zero attached hydrogens (tertiary/aromatic N) is 3. The number of nitrogens with two attached hydrogens (primary N) is 1. The Morgan fingerprint density at radius 1 is 1.22 bits per heavy atom. The zero-order valence-electron chi connectivity index (χ0n) is 13.1. The molecule has 1 fully saturated rings. The third-order valence-electron chi connectivity index (χ3n) is 3.88. The van der Waals surface area contributed by atoms with Crippen LogP contribution < -0.4 is 5.73 Å². The average molecular weight is 316 g/mol. The van der Waals surface area contributed by atoms with Crippen LogP contribution in [0, 0.1) is 11.3 Å². The van der Waals surface area contributed by atoms with Crippen LogP contribution in [0.15, 0.2) is 24.3 Å². The average Bonchev–Trinajstić information content (AvgIpc) is 2.61. The van der Waals surface area contributed by atoms with E-state index in [1.165, 1.54) is 7.11 Å². The molecule has 1 atom stereocenters. The van der Waals surface area contributed by atoms with Crippen molar-refractivity contribution in [3.63, 3.8) is 0 Å². The minimum Gasteiger partial charge on any atom is -0.453 e. The van der Waals surface area contributed by atoms with Crippen LogP contribution in [-0.2, 0) is 16.0 Å². The number of carbonyl (C=O) groups excluding carboxylic acids is 2. The molecule has 23 heavy (non-hydrogen) atoms. The van der Waals surface area contributed by atoms with Gasteiger partial charge in [0.1, 0.15) is 0 Å². The van der Waals surface area contributed by atoms with Gasteiger partial charge in [-0.25, -0.2) is 4.79 Å². The number of ether oxygens (including phenoxy) is 1. The molecule has 1 aromatic rings. The highest BCUT2D eigenvalue weighted by molar-refractivity contribution is 5.82. The summed E-state index contributed by atoms with van der Waals surface area (Å²) in [6.07, 6.45) is 0.0425. The lowest BCUT2D eigenvalue weighted by molar-refractivity contribution is -0.134. The van der Waals surface area contributed by atoms with Crippen molar-refractivity contribution in [1.29, 1.82) is 5.26 Å². The molecule has 2 amide bonds. The molecular formula is C16H20N4O3. The van der Waals surface area contributed by atoms with E-state index >= 15 is 0 Å². The fourth-order valence-corrected chi connectivity index (χ4v) is 2.53. The SMILES string of the molecule is COC(=O)N1CCN(C(=O)[C@@H](N)Cc2ccc(C#N)cc2)CC1. The Balaban J connectivity index is 1.87. The normalized spacial score (nSPS) is 15.7. The first-order chi connectivity index (χ1) is 11.0. The second-order valence-electron chi connectivity index (χ2n) is 5.40. The zero-order valence-corrected chi connectivity index (χ0v) is 13.1. The Bertz CT molecular complexity index is 601. The first-order valence-corrected chi connectivity index (χ1v) is 7.41. The molecule has 122 valence electrons. The van der Waals surface area contributed by atoms with Crippen LogP contribution in [0.1, 0.15) is 11.1 Å². The molecular weight excluding hydrogens is 296 g/mol. The Morgan fingerprint density at radius 3 is 2.30 bits per heavy atom. The Morgan fingerprint density at radius 2 is 1.78 bits per heavy atom. The molecule has 2 N–H and O–H groups in total. The lowest BCUT2D eigenvalue weighted by Crippen LogP contribution is -2.54. The number of nitriles is 1. The first kappa shape index (κ1) is 16.8. The van der Waals surface area contributed by atoms with Crippen LogP contribution in [0.25, 0.3) is 0 Å². The van der Waals surface area contributed by atoms with Gasteiger partial charge in [-0.15, -0.1) is 0 Å². The number of benzene rings is 1. The Labute approximate surface area is 135 Å². The quantitative estimate of drug-likeness (QED) is 0.866. The van der Waals surface area contributed by atoms with Gasteiger partial charge in [-0.2, -0.15) is 5.26 Å². The molecule has 1 aromatic carbocycles. The van der Waals surface area contributed by atoms with Gasteiger partial charge >= 0.3 is 6.09 Å². The van der Waals surface area contributed by atoms with Gasteiger partial charge in [0.25, 0.3) is 0 Å². The summed E-state index contributed by atoms with van der Waals surface area (Å²) in [6.45, 7) is 1.80. The Hall–Kier alpha value is -2.59. The fraction of sp³-hybridized carbons (Fsp3) is 0.438. The topological polar surface area (TPSA) is 99.7 Å². The molecule has 0 bridgehead atoms. The molecule has 1 heterocycles. The summed E-state index contributed by atoms with van der Waals surface area (Å²) in [6, 6.07) is 8.45. The summed E-state index contributed by atoms with van der Waals surface area (Å²) in [5.41, 5.74) is 7.50. The van der Waals surface area contributed by atoms with Gasteiger partial charge in [-0.1, -0.05) is 12.1 Å². The predicted octanol–water partition coefficient (Wildman–Crippen LogP) is 0.339. The van der Waals surface area contributed by atoms with E-state index in [1.807, 2.05) is 0 Å². The third-order valence-corrected chi connectivity index (χ3v) is 3.88. The lowest BCUT2D eigenvalue weighted by Gasteiger charge is -2.35. The Kier molecular flexibility index (Phi) is 5.55. The minimum absolute atomic E-state index is 0.126. The van der Waals surface area contributed by atoms with Gasteiger partial charge in [-0.3, -0.25) is 4.79 Å². The molecule has 0 aliphatic carbocycles. The van der Waals surface area contributed by atoms with E-state index in [9.17, 15) is 9.59 Å². The highest BCUT2D eigenvalue weighted by Crippen LogP contribution is 2.09. The standard InChI is InChI=1S/C16H20N4O3/c1-23-16(22)20-8-6-19(7-9-20)15(21)14(18)10-12-2-4-13(11-17)5-3-12/h2-5,14H,6-10,18H2,1H3/t14-/m0/s1. The smallest absolute Gasteiger partial charge is 0.409 e. The molecule has 7 nitrogen and oxygen atoms in total. The number of methoxy groups -OCH3 is 1. The summed E-state index contributed by atoms with van der Waals surface area (Å²) in [5, 5.41) is 8.77. The molecule has 1 aliphatic rings. The van der Waals surface area contributed by atoms with Crippen LogP contribution in [0.4, 0.5) is 4.79 Å². The van der Waals surface area contributed by atoms with E-state index in [0.717, 1.165) is 5.56 Å². The summed E-state index contributed by atoms with van der Waals surface area (Å²) >= 11 is 0. The van der Waals surface area contributed by atoms with Crippen LogP contribution in [0.5, 0.6) is 0 Å². The van der Waals surface area contributed by atoms with Crippen molar-refractivity contribution >= 4 is 12.0 Å². The molecule has 0 aromatic heterocycles. The van der Waals surface area contributed by atoms with Crippen molar-refractivity contribution < 1.29 is 14.3 Å². The van der Waals surface area contributed by atoms with Crippen LogP contribution in [0.2, 0.25) is 0 Å². The molecule has 0 spiro atoms. The van der Waals surface area contributed by atoms with E-state index in [4.69, 9.17) is 11.0 Å². The number of rotatable bonds is 3. The van der Waals surface area contributed by atoms with Crippen LogP contribution >= 0.6 is 0 Å². The van der Waals surface area contributed by atoms with Crippen LogP contribution in [0.3, 0.4) is 0 Å². The second-order valence-corrected chi connectivity index (χ2v) is 5.40. The maximum absolute atomic E-state index is 12.4. The van der Waals surface area contributed by atoms with Gasteiger partial charge in [-0.05, 0) is 24.1 Å². The summed E-state index contributed by atoms with van der Waals surface area (Å²) in [4.78, 5) is 27.0. The van der Waals surface area contributed by atoms with Gasteiger partial charge in [0.05, 0.1) is 24.8 Å². The van der Waals surface area contributed by atoms with Crippen molar-refractivity contribution in [2.75, 3.05) is 33.3 Å². The molecule has 1 saturated heterocycles.